The molecule has 9 rings (SSSR count). The third-order valence-electron chi connectivity index (χ3n) is 13.6. The standard InChI is InChI=1S/C47H49ClN8O5/c1-46(2,33-22-31(25-49)23-34(48)24-33)32-6-8-36(9-7-32)61-27-35-12-17-50-45(51-35)55-18-13-30(14-19-55)26-53-28-47(29-53)15-20-54(21-16-47)38-5-3-4-37-41(38)44(60)56(43(37)59)39-10-11-40(57)52-42(39)58/h3-9,12,17,22-24,30,39H,10-11,13-16,18-21,26-29H2,1-2H3,(H,52,57,58). The van der Waals surface area contributed by atoms with Crippen LogP contribution < -0.4 is 19.9 Å². The van der Waals surface area contributed by atoms with E-state index in [0.717, 1.165) is 111 Å². The third-order valence-corrected chi connectivity index (χ3v) is 13.8. The number of hydrogen-bond acceptors (Lipinski definition) is 11. The molecule has 4 aromatic rings. The van der Waals surface area contributed by atoms with Crippen LogP contribution in [0.4, 0.5) is 11.6 Å². The molecule has 5 aliphatic rings. The Morgan fingerprint density at radius 1 is 0.902 bits per heavy atom. The van der Waals surface area contributed by atoms with Crippen LogP contribution in [0.5, 0.6) is 5.75 Å². The van der Waals surface area contributed by atoms with Crippen LogP contribution in [0, 0.1) is 22.7 Å². The molecule has 0 saturated carbocycles. The highest BCUT2D eigenvalue weighted by Gasteiger charge is 2.48. The summed E-state index contributed by atoms with van der Waals surface area (Å²) in [7, 11) is 0. The summed E-state index contributed by atoms with van der Waals surface area (Å²) in [4.78, 5) is 69.0. The molecule has 13 nitrogen and oxygen atoms in total. The van der Waals surface area contributed by atoms with Crippen molar-refractivity contribution in [3.63, 3.8) is 0 Å². The average Bonchev–Trinajstić information content (AvgIpc) is 3.51. The van der Waals surface area contributed by atoms with Crippen LogP contribution in [0.3, 0.4) is 0 Å². The molecule has 5 aliphatic heterocycles. The summed E-state index contributed by atoms with van der Waals surface area (Å²) < 4.78 is 6.15. The summed E-state index contributed by atoms with van der Waals surface area (Å²) in [6.45, 7) is 11.2. The molecule has 1 spiro atoms. The van der Waals surface area contributed by atoms with Gasteiger partial charge < -0.3 is 19.4 Å². The molecule has 1 atom stereocenters. The average molecular weight is 841 g/mol. The van der Waals surface area contributed by atoms with Crippen molar-refractivity contribution in [1.29, 1.82) is 5.26 Å². The predicted octanol–water partition coefficient (Wildman–Crippen LogP) is 6.13. The molecule has 1 N–H and O–H groups in total. The smallest absolute Gasteiger partial charge is 0.264 e. The Bertz CT molecular complexity index is 2430. The van der Waals surface area contributed by atoms with Gasteiger partial charge in [0, 0.05) is 68.9 Å². The van der Waals surface area contributed by atoms with Gasteiger partial charge in [-0.3, -0.25) is 29.4 Å². The lowest BCUT2D eigenvalue weighted by Gasteiger charge is -2.55. The first-order valence-electron chi connectivity index (χ1n) is 21.2. The van der Waals surface area contributed by atoms with Gasteiger partial charge in [-0.05, 0) is 103 Å². The van der Waals surface area contributed by atoms with Crippen molar-refractivity contribution in [2.45, 2.75) is 70.4 Å². The maximum atomic E-state index is 13.7. The minimum absolute atomic E-state index is 0.0975. The number of ether oxygens (including phenoxy) is 1. The van der Waals surface area contributed by atoms with E-state index in [2.05, 4.69) is 44.9 Å². The van der Waals surface area contributed by atoms with Gasteiger partial charge >= 0.3 is 0 Å². The van der Waals surface area contributed by atoms with Gasteiger partial charge in [0.2, 0.25) is 17.8 Å². The zero-order valence-corrected chi connectivity index (χ0v) is 35.3. The van der Waals surface area contributed by atoms with Crippen LogP contribution in [0.15, 0.2) is 72.9 Å². The third kappa shape index (κ3) is 7.95. The van der Waals surface area contributed by atoms with Crippen LogP contribution in [-0.2, 0) is 21.6 Å². The number of benzene rings is 3. The van der Waals surface area contributed by atoms with Crippen molar-refractivity contribution in [2.24, 2.45) is 11.3 Å². The molecule has 6 heterocycles. The van der Waals surface area contributed by atoms with Crippen molar-refractivity contribution >= 4 is 46.9 Å². The van der Waals surface area contributed by atoms with Gasteiger partial charge in [0.15, 0.2) is 0 Å². The van der Waals surface area contributed by atoms with E-state index in [1.165, 1.54) is 0 Å². The second kappa shape index (κ2) is 16.2. The van der Waals surface area contributed by atoms with E-state index < -0.39 is 23.8 Å². The number of carbonyl (C=O) groups excluding carboxylic acids is 4. The molecular formula is C47H49ClN8O5. The number of nitrogens with one attached hydrogen (secondary N) is 1. The first kappa shape index (κ1) is 40.6. The van der Waals surface area contributed by atoms with E-state index >= 15 is 0 Å². The van der Waals surface area contributed by atoms with Crippen LogP contribution in [-0.4, -0.2) is 95.3 Å². The fourth-order valence-electron chi connectivity index (χ4n) is 9.94. The molecule has 3 aromatic carbocycles. The molecule has 4 fully saturated rings. The Balaban J connectivity index is 0.729. The second-order valence-corrected chi connectivity index (χ2v) is 18.3. The lowest BCUT2D eigenvalue weighted by Crippen LogP contribution is -2.61. The molecule has 314 valence electrons. The van der Waals surface area contributed by atoms with E-state index in [1.807, 2.05) is 60.8 Å². The normalized spacial score (nSPS) is 20.7. The van der Waals surface area contributed by atoms with E-state index in [0.29, 0.717) is 34.2 Å². The molecule has 1 unspecified atom stereocenters. The highest BCUT2D eigenvalue weighted by molar-refractivity contribution is 6.30. The number of amides is 4. The number of likely N-dealkylation sites (tertiary alicyclic amines) is 1. The zero-order chi connectivity index (χ0) is 42.5. The Labute approximate surface area is 360 Å². The summed E-state index contributed by atoms with van der Waals surface area (Å²) >= 11 is 6.31. The topological polar surface area (TPSA) is 152 Å². The number of anilines is 2. The predicted molar refractivity (Wildman–Crippen MR) is 229 cm³/mol. The van der Waals surface area contributed by atoms with Crippen molar-refractivity contribution < 1.29 is 23.9 Å². The molecule has 0 bridgehead atoms. The first-order valence-corrected chi connectivity index (χ1v) is 21.6. The quantitative estimate of drug-likeness (QED) is 0.184. The largest absolute Gasteiger partial charge is 0.487 e. The molecule has 0 aliphatic carbocycles. The Hall–Kier alpha value is -5.84. The summed E-state index contributed by atoms with van der Waals surface area (Å²) in [6.07, 6.45) is 6.24. The minimum atomic E-state index is -0.972. The lowest BCUT2D eigenvalue weighted by molar-refractivity contribution is -0.136. The van der Waals surface area contributed by atoms with Gasteiger partial charge in [-0.15, -0.1) is 0 Å². The Morgan fingerprint density at radius 3 is 2.38 bits per heavy atom. The van der Waals surface area contributed by atoms with Crippen molar-refractivity contribution in [3.8, 4) is 11.8 Å². The number of rotatable bonds is 10. The van der Waals surface area contributed by atoms with Gasteiger partial charge in [0.1, 0.15) is 18.4 Å². The second-order valence-electron chi connectivity index (χ2n) is 17.9. The van der Waals surface area contributed by atoms with Gasteiger partial charge in [-0.1, -0.05) is 43.6 Å². The number of nitrogens with zero attached hydrogens (tertiary/aromatic N) is 7. The van der Waals surface area contributed by atoms with Crippen molar-refractivity contribution in [2.75, 3.05) is 55.6 Å². The Kier molecular flexibility index (Phi) is 10.8. The van der Waals surface area contributed by atoms with Gasteiger partial charge in [0.25, 0.3) is 11.8 Å². The van der Waals surface area contributed by atoms with Crippen LogP contribution in [0.25, 0.3) is 0 Å². The van der Waals surface area contributed by atoms with Gasteiger partial charge in [-0.25, -0.2) is 9.97 Å². The van der Waals surface area contributed by atoms with Gasteiger partial charge in [0.05, 0.1) is 34.1 Å². The Morgan fingerprint density at radius 2 is 1.66 bits per heavy atom. The van der Waals surface area contributed by atoms with E-state index in [1.54, 1.807) is 12.1 Å². The number of fused-ring (bicyclic) bond motifs is 1. The lowest BCUT2D eigenvalue weighted by atomic mass is 9.71. The van der Waals surface area contributed by atoms with Crippen LogP contribution in [0.2, 0.25) is 5.02 Å². The summed E-state index contributed by atoms with van der Waals surface area (Å²) in [5.74, 6) is 0.201. The van der Waals surface area contributed by atoms with E-state index in [-0.39, 0.29) is 29.6 Å². The zero-order valence-electron chi connectivity index (χ0n) is 34.5. The van der Waals surface area contributed by atoms with Crippen molar-refractivity contribution in [3.05, 3.63) is 111 Å². The SMILES string of the molecule is CC(C)(c1ccc(OCc2ccnc(N3CCC(CN4CC5(CCN(c6cccc7c6C(=O)N(C6CCC(=O)NC6=O)C7=O)CC5)C4)CC3)n2)cc1)c1cc(Cl)cc(C#N)c1. The molecule has 14 heteroatoms. The fraction of sp³-hybridized carbons (Fsp3) is 0.426. The minimum Gasteiger partial charge on any atom is -0.487 e. The molecule has 4 saturated heterocycles. The highest BCUT2D eigenvalue weighted by Crippen LogP contribution is 2.44. The summed E-state index contributed by atoms with van der Waals surface area (Å²) in [6, 6.07) is 22.0. The van der Waals surface area contributed by atoms with Crippen LogP contribution in [0.1, 0.15) is 95.5 Å². The number of nitriles is 1. The molecule has 1 aromatic heterocycles. The maximum Gasteiger partial charge on any atom is 0.264 e. The monoisotopic (exact) mass is 840 g/mol. The number of piperidine rings is 3. The number of aromatic nitrogens is 2. The van der Waals surface area contributed by atoms with Gasteiger partial charge in [-0.2, -0.15) is 5.26 Å². The molecular weight excluding hydrogens is 792 g/mol. The fourth-order valence-corrected chi connectivity index (χ4v) is 10.2. The van der Waals surface area contributed by atoms with Crippen LogP contribution >= 0.6 is 11.6 Å². The molecule has 4 amide bonds. The summed E-state index contributed by atoms with van der Waals surface area (Å²) in [5.41, 5.74) is 4.79. The number of halogens is 1. The highest BCUT2D eigenvalue weighted by atomic mass is 35.5. The number of hydrogen-bond donors (Lipinski definition) is 1. The summed E-state index contributed by atoms with van der Waals surface area (Å²) in [5, 5.41) is 12.2. The maximum absolute atomic E-state index is 13.7. The molecule has 61 heavy (non-hydrogen) atoms. The number of imide groups is 2. The first-order chi connectivity index (χ1) is 29.4. The van der Waals surface area contributed by atoms with E-state index in [4.69, 9.17) is 21.3 Å². The number of carbonyl (C=O) groups is 4. The van der Waals surface area contributed by atoms with Crippen molar-refractivity contribution in [1.82, 2.24) is 25.1 Å². The molecule has 0 radical (unpaired) electrons. The van der Waals surface area contributed by atoms with E-state index in [9.17, 15) is 24.4 Å².